The minimum absolute atomic E-state index is 0.0160. The molecule has 2 aliphatic rings. The maximum atomic E-state index is 12.5. The number of carboxylic acids is 1. The molecule has 6 heteroatoms. The number of hydrogen-bond acceptors (Lipinski definition) is 3. The molecule has 118 valence electrons. The molecule has 0 aliphatic carbocycles. The maximum Gasteiger partial charge on any atom is 0.303 e. The molecule has 0 radical (unpaired) electrons. The van der Waals surface area contributed by atoms with Crippen molar-refractivity contribution in [3.8, 4) is 0 Å². The van der Waals surface area contributed by atoms with Crippen molar-refractivity contribution in [3.05, 3.63) is 0 Å². The van der Waals surface area contributed by atoms with Crippen molar-refractivity contribution >= 4 is 17.8 Å². The number of rotatable bonds is 5. The highest BCUT2D eigenvalue weighted by atomic mass is 16.4. The Balaban J connectivity index is 1.91. The van der Waals surface area contributed by atoms with Gasteiger partial charge in [-0.25, -0.2) is 0 Å². The topological polar surface area (TPSA) is 77.9 Å². The van der Waals surface area contributed by atoms with E-state index in [-0.39, 0.29) is 30.8 Å². The molecular weight excluding hydrogens is 272 g/mol. The van der Waals surface area contributed by atoms with Crippen LogP contribution in [0.4, 0.5) is 0 Å². The predicted octanol–water partition coefficient (Wildman–Crippen LogP) is 1.24. The molecule has 0 saturated carbocycles. The van der Waals surface area contributed by atoms with Gasteiger partial charge in [0.2, 0.25) is 11.8 Å². The van der Waals surface area contributed by atoms with Gasteiger partial charge in [0.25, 0.3) is 0 Å². The van der Waals surface area contributed by atoms with Gasteiger partial charge in [-0.1, -0.05) is 0 Å². The summed E-state index contributed by atoms with van der Waals surface area (Å²) in [5, 5.41) is 8.81. The first kappa shape index (κ1) is 15.8. The largest absolute Gasteiger partial charge is 0.481 e. The lowest BCUT2D eigenvalue weighted by Gasteiger charge is -2.37. The number of carbonyl (C=O) groups is 3. The molecule has 0 aromatic carbocycles. The molecule has 2 rings (SSSR count). The van der Waals surface area contributed by atoms with Gasteiger partial charge >= 0.3 is 5.97 Å². The lowest BCUT2D eigenvalue weighted by Crippen LogP contribution is -2.50. The average Bonchev–Trinajstić information content (AvgIpc) is 2.47. The number of carbonyl (C=O) groups excluding carboxylic acids is 2. The summed E-state index contributed by atoms with van der Waals surface area (Å²) in [6, 6.07) is 0.0160. The normalized spacial score (nSPS) is 23.2. The van der Waals surface area contributed by atoms with Gasteiger partial charge < -0.3 is 14.9 Å². The highest BCUT2D eigenvalue weighted by Crippen LogP contribution is 2.22. The summed E-state index contributed by atoms with van der Waals surface area (Å²) in [6.45, 7) is 1.51. The average molecular weight is 296 g/mol. The summed E-state index contributed by atoms with van der Waals surface area (Å²) < 4.78 is 0. The van der Waals surface area contributed by atoms with E-state index in [1.165, 1.54) is 0 Å². The molecule has 1 atom stereocenters. The van der Waals surface area contributed by atoms with Crippen molar-refractivity contribution in [2.24, 2.45) is 0 Å². The zero-order chi connectivity index (χ0) is 15.2. The quantitative estimate of drug-likeness (QED) is 0.828. The van der Waals surface area contributed by atoms with Crippen molar-refractivity contribution in [1.29, 1.82) is 0 Å². The summed E-state index contributed by atoms with van der Waals surface area (Å²) in [5.74, 6) is -0.784. The minimum atomic E-state index is -0.820. The van der Waals surface area contributed by atoms with Crippen molar-refractivity contribution in [2.75, 3.05) is 19.6 Å². The molecule has 2 fully saturated rings. The minimum Gasteiger partial charge on any atom is -0.481 e. The highest BCUT2D eigenvalue weighted by Gasteiger charge is 2.29. The van der Waals surface area contributed by atoms with Crippen LogP contribution in [0.25, 0.3) is 0 Å². The second-order valence-corrected chi connectivity index (χ2v) is 5.94. The third kappa shape index (κ3) is 4.44. The van der Waals surface area contributed by atoms with Crippen molar-refractivity contribution in [3.63, 3.8) is 0 Å². The monoisotopic (exact) mass is 296 g/mol. The van der Waals surface area contributed by atoms with E-state index in [4.69, 9.17) is 5.11 Å². The zero-order valence-electron chi connectivity index (χ0n) is 12.4. The van der Waals surface area contributed by atoms with Crippen LogP contribution in [0.15, 0.2) is 0 Å². The fraction of sp³-hybridized carbons (Fsp3) is 0.800. The van der Waals surface area contributed by atoms with Crippen molar-refractivity contribution in [1.82, 2.24) is 9.80 Å². The zero-order valence-corrected chi connectivity index (χ0v) is 12.4. The summed E-state index contributed by atoms with van der Waals surface area (Å²) in [6.07, 6.45) is 5.88. The molecule has 2 heterocycles. The third-order valence-electron chi connectivity index (χ3n) is 4.39. The molecule has 6 nitrogen and oxygen atoms in total. The summed E-state index contributed by atoms with van der Waals surface area (Å²) in [7, 11) is 0. The van der Waals surface area contributed by atoms with Gasteiger partial charge in [-0.2, -0.15) is 0 Å². The van der Waals surface area contributed by atoms with Crippen LogP contribution in [0.5, 0.6) is 0 Å². The Morgan fingerprint density at radius 1 is 1.14 bits per heavy atom. The Bertz CT molecular complexity index is 410. The van der Waals surface area contributed by atoms with Crippen LogP contribution >= 0.6 is 0 Å². The third-order valence-corrected chi connectivity index (χ3v) is 4.39. The van der Waals surface area contributed by atoms with E-state index in [0.717, 1.165) is 32.1 Å². The molecule has 2 amide bonds. The molecule has 0 aromatic heterocycles. The predicted molar refractivity (Wildman–Crippen MR) is 76.7 cm³/mol. The molecule has 0 spiro atoms. The van der Waals surface area contributed by atoms with Crippen LogP contribution in [0.1, 0.15) is 51.4 Å². The van der Waals surface area contributed by atoms with Gasteiger partial charge in [-0.3, -0.25) is 14.4 Å². The maximum absolute atomic E-state index is 12.5. The van der Waals surface area contributed by atoms with E-state index in [2.05, 4.69) is 0 Å². The Morgan fingerprint density at radius 3 is 2.62 bits per heavy atom. The number of carboxylic acid groups (broad SMARTS) is 1. The van der Waals surface area contributed by atoms with E-state index in [9.17, 15) is 14.4 Å². The Labute approximate surface area is 125 Å². The van der Waals surface area contributed by atoms with Crippen molar-refractivity contribution in [2.45, 2.75) is 57.4 Å². The first-order valence-electron chi connectivity index (χ1n) is 7.87. The molecule has 2 saturated heterocycles. The van der Waals surface area contributed by atoms with Crippen LogP contribution in [-0.2, 0) is 14.4 Å². The van der Waals surface area contributed by atoms with E-state index >= 15 is 0 Å². The van der Waals surface area contributed by atoms with Crippen LogP contribution < -0.4 is 0 Å². The van der Waals surface area contributed by atoms with Gasteiger partial charge in [-0.05, 0) is 38.5 Å². The molecule has 1 N–H and O–H groups in total. The standard InChI is InChI=1S/C15H24N2O4/c18-13-6-2-3-9-16(13)11-14(19)17-10-4-1-5-12(17)7-8-15(20)21/h12H,1-11H2,(H,20,21). The lowest BCUT2D eigenvalue weighted by atomic mass is 9.97. The van der Waals surface area contributed by atoms with Gasteiger partial charge in [0.15, 0.2) is 0 Å². The Hall–Kier alpha value is -1.59. The molecule has 21 heavy (non-hydrogen) atoms. The van der Waals surface area contributed by atoms with Gasteiger partial charge in [0.1, 0.15) is 0 Å². The fourth-order valence-electron chi connectivity index (χ4n) is 3.20. The summed E-state index contributed by atoms with van der Waals surface area (Å²) >= 11 is 0. The van der Waals surface area contributed by atoms with Gasteiger partial charge in [0.05, 0.1) is 6.54 Å². The number of piperidine rings is 2. The summed E-state index contributed by atoms with van der Waals surface area (Å²) in [4.78, 5) is 38.4. The van der Waals surface area contributed by atoms with Crippen LogP contribution in [0, 0.1) is 0 Å². The number of aliphatic carboxylic acids is 1. The number of likely N-dealkylation sites (tertiary alicyclic amines) is 2. The van der Waals surface area contributed by atoms with E-state index < -0.39 is 5.97 Å². The molecular formula is C15H24N2O4. The summed E-state index contributed by atoms with van der Waals surface area (Å²) in [5.41, 5.74) is 0. The highest BCUT2D eigenvalue weighted by molar-refractivity contribution is 5.85. The molecule has 2 aliphatic heterocycles. The Kier molecular flexibility index (Phi) is 5.59. The molecule has 1 unspecified atom stereocenters. The molecule has 0 aromatic rings. The molecule has 0 bridgehead atoms. The number of nitrogens with zero attached hydrogens (tertiary/aromatic N) is 2. The fourth-order valence-corrected chi connectivity index (χ4v) is 3.20. The number of amides is 2. The second kappa shape index (κ2) is 7.43. The Morgan fingerprint density at radius 2 is 1.90 bits per heavy atom. The number of hydrogen-bond donors (Lipinski definition) is 1. The van der Waals surface area contributed by atoms with Gasteiger partial charge in [0, 0.05) is 32.0 Å². The van der Waals surface area contributed by atoms with E-state index in [1.807, 2.05) is 0 Å². The second-order valence-electron chi connectivity index (χ2n) is 5.94. The van der Waals surface area contributed by atoms with Crippen LogP contribution in [-0.4, -0.2) is 58.4 Å². The van der Waals surface area contributed by atoms with E-state index in [0.29, 0.717) is 25.9 Å². The smallest absolute Gasteiger partial charge is 0.303 e. The SMILES string of the molecule is O=C(O)CCC1CCCCN1C(=O)CN1CCCCC1=O. The first-order valence-corrected chi connectivity index (χ1v) is 7.87. The lowest BCUT2D eigenvalue weighted by molar-refractivity contribution is -0.144. The first-order chi connectivity index (χ1) is 10.1. The van der Waals surface area contributed by atoms with Gasteiger partial charge in [-0.15, -0.1) is 0 Å². The van der Waals surface area contributed by atoms with Crippen molar-refractivity contribution < 1.29 is 19.5 Å². The van der Waals surface area contributed by atoms with E-state index in [1.54, 1.807) is 9.80 Å². The van der Waals surface area contributed by atoms with Crippen LogP contribution in [0.2, 0.25) is 0 Å². The van der Waals surface area contributed by atoms with Crippen LogP contribution in [0.3, 0.4) is 0 Å².